The molecule has 0 bridgehead atoms. The van der Waals surface area contributed by atoms with Crippen molar-refractivity contribution >= 4 is 27.1 Å². The van der Waals surface area contributed by atoms with Crippen molar-refractivity contribution in [3.63, 3.8) is 0 Å². The van der Waals surface area contributed by atoms with Crippen molar-refractivity contribution < 1.29 is 17.8 Å². The quantitative estimate of drug-likeness (QED) is 0.410. The molecule has 2 rings (SSSR count). The minimum Gasteiger partial charge on any atom is -0.372 e. The zero-order valence-electron chi connectivity index (χ0n) is 16.9. The Balaban J connectivity index is 2.61. The van der Waals surface area contributed by atoms with Crippen LogP contribution < -0.4 is 4.90 Å². The van der Waals surface area contributed by atoms with Crippen LogP contribution in [0.2, 0.25) is 0 Å². The molecule has 0 radical (unpaired) electrons. The minimum atomic E-state index is -3.71. The van der Waals surface area contributed by atoms with Crippen LogP contribution in [0.4, 0.5) is 26.1 Å². The number of hydrogen-bond acceptors (Lipinski definition) is 8. The molecule has 0 amide bonds. The standard InChI is InChI=1S/C17H25F2N7O2S/c1-5-25(6-2)14-8-9-15(16(10-14)29(27,12-19)24-28-11-18)21-22-17-20-13(4)23-26(17)7-3/h8-10H,5-7,11-12H2,1-4H3. The van der Waals surface area contributed by atoms with Crippen LogP contribution in [0.5, 0.6) is 0 Å². The minimum absolute atomic E-state index is 0.0270. The zero-order chi connectivity index (χ0) is 21.4. The number of alkyl halides is 2. The molecule has 0 aliphatic rings. The molecule has 9 nitrogen and oxygen atoms in total. The fourth-order valence-corrected chi connectivity index (χ4v) is 3.87. The van der Waals surface area contributed by atoms with Crippen molar-refractivity contribution in [1.29, 1.82) is 0 Å². The van der Waals surface area contributed by atoms with Crippen molar-refractivity contribution in [1.82, 2.24) is 14.8 Å². The first-order valence-corrected chi connectivity index (χ1v) is 10.8. The van der Waals surface area contributed by atoms with Crippen LogP contribution in [0.15, 0.2) is 37.8 Å². The van der Waals surface area contributed by atoms with Gasteiger partial charge in [-0.2, -0.15) is 10.1 Å². The Hall–Kier alpha value is -2.47. The fraction of sp³-hybridized carbons (Fsp3) is 0.529. The maximum Gasteiger partial charge on any atom is 0.267 e. The van der Waals surface area contributed by atoms with Crippen molar-refractivity contribution in [2.75, 3.05) is 30.9 Å². The summed E-state index contributed by atoms with van der Waals surface area (Å²) < 4.78 is 44.0. The molecule has 0 aliphatic heterocycles. The van der Waals surface area contributed by atoms with Gasteiger partial charge in [-0.25, -0.2) is 22.5 Å². The number of rotatable bonds is 10. The van der Waals surface area contributed by atoms with E-state index in [0.717, 1.165) is 0 Å². The summed E-state index contributed by atoms with van der Waals surface area (Å²) in [5, 5.41) is 12.3. The summed E-state index contributed by atoms with van der Waals surface area (Å²) in [7, 11) is -3.71. The lowest BCUT2D eigenvalue weighted by Gasteiger charge is -2.22. The molecule has 2 aromatic rings. The van der Waals surface area contributed by atoms with Gasteiger partial charge in [-0.1, -0.05) is 4.53 Å². The number of anilines is 1. The fourth-order valence-electron chi connectivity index (χ4n) is 2.68. The predicted octanol–water partition coefficient (Wildman–Crippen LogP) is 4.48. The molecule has 12 heteroatoms. The third-order valence-electron chi connectivity index (χ3n) is 4.09. The van der Waals surface area contributed by atoms with Crippen molar-refractivity contribution in [2.24, 2.45) is 14.8 Å². The van der Waals surface area contributed by atoms with Gasteiger partial charge in [-0.3, -0.25) is 0 Å². The van der Waals surface area contributed by atoms with E-state index in [1.807, 2.05) is 25.7 Å². The lowest BCUT2D eigenvalue weighted by Crippen LogP contribution is -2.22. The third kappa shape index (κ3) is 5.32. The van der Waals surface area contributed by atoms with Crippen LogP contribution in [0, 0.1) is 6.92 Å². The van der Waals surface area contributed by atoms with Gasteiger partial charge in [-0.15, -0.1) is 10.2 Å². The molecule has 29 heavy (non-hydrogen) atoms. The van der Waals surface area contributed by atoms with Crippen molar-refractivity contribution in [2.45, 2.75) is 39.1 Å². The lowest BCUT2D eigenvalue weighted by molar-refractivity contribution is 0.0666. The number of hydrogen-bond donors (Lipinski definition) is 0. The Kier molecular flexibility index (Phi) is 8.14. The number of halogens is 2. The van der Waals surface area contributed by atoms with E-state index in [-0.39, 0.29) is 16.5 Å². The van der Waals surface area contributed by atoms with Gasteiger partial charge < -0.3 is 4.90 Å². The van der Waals surface area contributed by atoms with E-state index in [9.17, 15) is 13.0 Å². The summed E-state index contributed by atoms with van der Waals surface area (Å²) in [4.78, 5) is 10.4. The highest BCUT2D eigenvalue weighted by Gasteiger charge is 2.20. The highest BCUT2D eigenvalue weighted by atomic mass is 32.2. The Labute approximate surface area is 168 Å². The number of aryl methyl sites for hydroxylation is 2. The molecule has 1 atom stereocenters. The second-order valence-electron chi connectivity index (χ2n) is 5.86. The first-order valence-electron chi connectivity index (χ1n) is 9.12. The first-order chi connectivity index (χ1) is 13.9. The summed E-state index contributed by atoms with van der Waals surface area (Å²) >= 11 is 0. The molecule has 0 saturated carbocycles. The summed E-state index contributed by atoms with van der Waals surface area (Å²) in [5.41, 5.74) is 0.825. The topological polar surface area (TPSA) is 97.3 Å². The van der Waals surface area contributed by atoms with Crippen molar-refractivity contribution in [3.8, 4) is 0 Å². The molecule has 1 unspecified atom stereocenters. The molecule has 0 fully saturated rings. The molecular weight excluding hydrogens is 404 g/mol. The summed E-state index contributed by atoms with van der Waals surface area (Å²) in [5.74, 6) is 0.782. The van der Waals surface area contributed by atoms with Crippen LogP contribution in [0.1, 0.15) is 26.6 Å². The molecule has 0 spiro atoms. The van der Waals surface area contributed by atoms with Crippen LogP contribution >= 0.6 is 0 Å². The van der Waals surface area contributed by atoms with Gasteiger partial charge in [0, 0.05) is 25.3 Å². The predicted molar refractivity (Wildman–Crippen MR) is 106 cm³/mol. The smallest absolute Gasteiger partial charge is 0.267 e. The summed E-state index contributed by atoms with van der Waals surface area (Å²) in [6.45, 7) is 8.10. The Bertz CT molecular complexity index is 967. The monoisotopic (exact) mass is 429 g/mol. The van der Waals surface area contributed by atoms with E-state index in [1.165, 1.54) is 6.07 Å². The van der Waals surface area contributed by atoms with E-state index in [1.54, 1.807) is 23.7 Å². The normalized spacial score (nSPS) is 13.6. The Morgan fingerprint density at radius 3 is 2.52 bits per heavy atom. The van der Waals surface area contributed by atoms with E-state index < -0.39 is 22.6 Å². The van der Waals surface area contributed by atoms with Crippen molar-refractivity contribution in [3.05, 3.63) is 24.0 Å². The Morgan fingerprint density at radius 1 is 1.21 bits per heavy atom. The molecule has 0 saturated heterocycles. The molecule has 1 aromatic carbocycles. The van der Waals surface area contributed by atoms with E-state index in [4.69, 9.17) is 0 Å². The van der Waals surface area contributed by atoms with Gasteiger partial charge in [0.05, 0.1) is 4.90 Å². The van der Waals surface area contributed by atoms with E-state index in [2.05, 4.69) is 29.7 Å². The summed E-state index contributed by atoms with van der Waals surface area (Å²) in [6.07, 6.45) is 0. The second-order valence-corrected chi connectivity index (χ2v) is 7.95. The van der Waals surface area contributed by atoms with Crippen LogP contribution in [-0.2, 0) is 21.1 Å². The average Bonchev–Trinajstić information content (AvgIpc) is 3.11. The molecule has 1 aromatic heterocycles. The number of aromatic nitrogens is 3. The van der Waals surface area contributed by atoms with E-state index >= 15 is 0 Å². The number of azo groups is 1. The van der Waals surface area contributed by atoms with Gasteiger partial charge >= 0.3 is 0 Å². The highest BCUT2D eigenvalue weighted by molar-refractivity contribution is 7.93. The highest BCUT2D eigenvalue weighted by Crippen LogP contribution is 2.33. The van der Waals surface area contributed by atoms with Gasteiger partial charge in [-0.05, 0) is 45.9 Å². The van der Waals surface area contributed by atoms with Gasteiger partial charge in [0.2, 0.25) is 6.86 Å². The SMILES string of the molecule is CCN(CC)c1ccc(N=Nc2nc(C)nn2CC)c(S(=O)(CF)=NOCF)c1. The van der Waals surface area contributed by atoms with Gasteiger partial charge in [0.25, 0.3) is 5.95 Å². The van der Waals surface area contributed by atoms with Gasteiger partial charge in [0.1, 0.15) is 21.2 Å². The third-order valence-corrected chi connectivity index (χ3v) is 5.75. The van der Waals surface area contributed by atoms with Gasteiger partial charge in [0.15, 0.2) is 6.01 Å². The largest absolute Gasteiger partial charge is 0.372 e. The average molecular weight is 429 g/mol. The molecular formula is C17H25F2N7O2S. The maximum atomic E-state index is 13.7. The zero-order valence-corrected chi connectivity index (χ0v) is 17.7. The van der Waals surface area contributed by atoms with Crippen LogP contribution in [0.25, 0.3) is 0 Å². The number of benzene rings is 1. The molecule has 0 aliphatic carbocycles. The molecule has 160 valence electrons. The molecule has 0 N–H and O–H groups in total. The van der Waals surface area contributed by atoms with Crippen LogP contribution in [0.3, 0.4) is 0 Å². The first kappa shape index (κ1) is 22.8. The maximum absolute atomic E-state index is 13.7. The Morgan fingerprint density at radius 2 is 1.93 bits per heavy atom. The second kappa shape index (κ2) is 10.3. The number of nitrogens with zero attached hydrogens (tertiary/aromatic N) is 7. The van der Waals surface area contributed by atoms with E-state index in [0.29, 0.717) is 31.1 Å². The summed E-state index contributed by atoms with van der Waals surface area (Å²) in [6, 6.07) is 3.48. The van der Waals surface area contributed by atoms with Crippen LogP contribution in [-0.4, -0.2) is 44.9 Å². The lowest BCUT2D eigenvalue weighted by atomic mass is 10.2. The molecule has 1 heterocycles.